The Morgan fingerprint density at radius 1 is 0.309 bits per heavy atom. The second-order valence-corrected chi connectivity index (χ2v) is 14.1. The summed E-state index contributed by atoms with van der Waals surface area (Å²) in [5, 5.41) is 6.64. The molecule has 0 radical (unpaired) electrons. The highest BCUT2D eigenvalue weighted by Gasteiger charge is 2.21. The Balaban J connectivity index is 1.10. The van der Waals surface area contributed by atoms with Crippen molar-refractivity contribution < 1.29 is 8.83 Å². The van der Waals surface area contributed by atoms with E-state index in [1.54, 1.807) is 0 Å². The maximum atomic E-state index is 6.74. The predicted molar refractivity (Wildman–Crippen MR) is 229 cm³/mol. The van der Waals surface area contributed by atoms with Gasteiger partial charge in [-0.05, 0) is 88.0 Å². The van der Waals surface area contributed by atoms with Gasteiger partial charge in [0.05, 0.1) is 5.69 Å². The fourth-order valence-corrected chi connectivity index (χ4v) is 8.24. The van der Waals surface area contributed by atoms with Gasteiger partial charge in [0.1, 0.15) is 22.3 Å². The molecule has 0 fully saturated rings. The van der Waals surface area contributed by atoms with Crippen LogP contribution in [-0.4, -0.2) is 0 Å². The second kappa shape index (κ2) is 12.6. The van der Waals surface area contributed by atoms with Crippen LogP contribution in [0.1, 0.15) is 0 Å². The van der Waals surface area contributed by atoms with Gasteiger partial charge in [-0.2, -0.15) is 0 Å². The second-order valence-electron chi connectivity index (χ2n) is 14.1. The van der Waals surface area contributed by atoms with E-state index in [1.165, 1.54) is 16.7 Å². The molecule has 0 aliphatic heterocycles. The molecule has 0 N–H and O–H groups in total. The molecule has 0 aliphatic rings. The summed E-state index contributed by atoms with van der Waals surface area (Å²) < 4.78 is 13.0. The summed E-state index contributed by atoms with van der Waals surface area (Å²) in [5.74, 6) is 0. The molecule has 2 aromatic heterocycles. The van der Waals surface area contributed by atoms with Gasteiger partial charge in [-0.15, -0.1) is 0 Å². The minimum atomic E-state index is 0.878. The largest absolute Gasteiger partial charge is 0.456 e. The van der Waals surface area contributed by atoms with Crippen molar-refractivity contribution in [2.45, 2.75) is 0 Å². The van der Waals surface area contributed by atoms with Crippen LogP contribution in [0.25, 0.3) is 88.0 Å². The van der Waals surface area contributed by atoms with E-state index in [-0.39, 0.29) is 0 Å². The molecule has 55 heavy (non-hydrogen) atoms. The molecule has 0 atom stereocenters. The molecule has 2 heterocycles. The van der Waals surface area contributed by atoms with E-state index >= 15 is 0 Å². The fraction of sp³-hybridized carbons (Fsp3) is 0. The average molecular weight is 704 g/mol. The first-order valence-corrected chi connectivity index (χ1v) is 18.7. The van der Waals surface area contributed by atoms with Crippen molar-refractivity contribution in [2.24, 2.45) is 0 Å². The summed E-state index contributed by atoms with van der Waals surface area (Å²) in [6.45, 7) is 0. The first-order valence-electron chi connectivity index (χ1n) is 18.7. The van der Waals surface area contributed by atoms with Crippen LogP contribution in [0.5, 0.6) is 0 Å². The van der Waals surface area contributed by atoms with E-state index in [2.05, 4.69) is 187 Å². The smallest absolute Gasteiger partial charge is 0.143 e. The van der Waals surface area contributed by atoms with E-state index in [0.717, 1.165) is 88.4 Å². The Bertz CT molecular complexity index is 3180. The maximum absolute atomic E-state index is 6.74. The molecule has 258 valence electrons. The normalized spacial score (nSPS) is 11.6. The number of benzene rings is 9. The zero-order valence-corrected chi connectivity index (χ0v) is 29.8. The van der Waals surface area contributed by atoms with Gasteiger partial charge in [-0.25, -0.2) is 0 Å². The molecule has 9 aromatic carbocycles. The number of rotatable bonds is 6. The van der Waals surface area contributed by atoms with E-state index in [0.29, 0.717) is 0 Å². The quantitative estimate of drug-likeness (QED) is 0.173. The van der Waals surface area contributed by atoms with Crippen molar-refractivity contribution in [1.82, 2.24) is 0 Å². The third-order valence-corrected chi connectivity index (χ3v) is 10.9. The standard InChI is InChI=1S/C52H33NO2/c1-3-12-34(13-4-1)36-22-27-39(28-23-36)53(40-29-24-37(25-30-40)41-19-11-21-49-51(41)45-18-9-10-20-48(45)54-49)47-33-46-43-31-26-38(35-14-5-2-6-15-35)32-50(43)55-52(46)44-17-8-7-16-42(44)47/h1-33H. The number of para-hydroxylation sites is 1. The lowest BCUT2D eigenvalue weighted by Crippen LogP contribution is -2.10. The van der Waals surface area contributed by atoms with E-state index in [9.17, 15) is 0 Å². The van der Waals surface area contributed by atoms with Crippen molar-refractivity contribution in [3.63, 3.8) is 0 Å². The number of hydrogen-bond acceptors (Lipinski definition) is 3. The lowest BCUT2D eigenvalue weighted by molar-refractivity contribution is 0.669. The lowest BCUT2D eigenvalue weighted by Gasteiger charge is -2.27. The molecule has 0 amide bonds. The van der Waals surface area contributed by atoms with Crippen LogP contribution in [0.15, 0.2) is 209 Å². The van der Waals surface area contributed by atoms with Gasteiger partial charge in [0.15, 0.2) is 0 Å². The SMILES string of the molecule is c1ccc(-c2ccc(N(c3ccc(-c4cccc5oc6ccccc6c45)cc3)c3cc4c5ccc(-c6ccccc6)cc5oc4c4ccccc34)cc2)cc1. The molecule has 11 aromatic rings. The van der Waals surface area contributed by atoms with Gasteiger partial charge in [-0.3, -0.25) is 0 Å². The summed E-state index contributed by atoms with van der Waals surface area (Å²) >= 11 is 0. The maximum Gasteiger partial charge on any atom is 0.143 e. The van der Waals surface area contributed by atoms with Gasteiger partial charge in [0, 0.05) is 43.7 Å². The summed E-state index contributed by atoms with van der Waals surface area (Å²) in [7, 11) is 0. The van der Waals surface area contributed by atoms with Crippen LogP contribution in [0.2, 0.25) is 0 Å². The number of anilines is 3. The molecule has 3 nitrogen and oxygen atoms in total. The summed E-state index contributed by atoms with van der Waals surface area (Å²) in [4.78, 5) is 2.38. The van der Waals surface area contributed by atoms with Crippen LogP contribution < -0.4 is 4.90 Å². The first kappa shape index (κ1) is 31.2. The van der Waals surface area contributed by atoms with E-state index in [1.807, 2.05) is 18.2 Å². The van der Waals surface area contributed by atoms with E-state index < -0.39 is 0 Å². The Labute approximate surface area is 317 Å². The van der Waals surface area contributed by atoms with Gasteiger partial charge in [0.25, 0.3) is 0 Å². The zero-order valence-electron chi connectivity index (χ0n) is 29.8. The van der Waals surface area contributed by atoms with Crippen molar-refractivity contribution in [1.29, 1.82) is 0 Å². The predicted octanol–water partition coefficient (Wildman–Crippen LogP) is 15.1. The molecule has 11 rings (SSSR count). The summed E-state index contributed by atoms with van der Waals surface area (Å²) in [6, 6.07) is 70.9. The number of nitrogens with zero attached hydrogens (tertiary/aromatic N) is 1. The summed E-state index contributed by atoms with van der Waals surface area (Å²) in [6.07, 6.45) is 0. The molecule has 0 spiro atoms. The zero-order chi connectivity index (χ0) is 36.3. The van der Waals surface area contributed by atoms with Crippen LogP contribution >= 0.6 is 0 Å². The van der Waals surface area contributed by atoms with Crippen LogP contribution in [0, 0.1) is 0 Å². The van der Waals surface area contributed by atoms with Crippen molar-refractivity contribution >= 4 is 71.7 Å². The van der Waals surface area contributed by atoms with Crippen LogP contribution in [0.4, 0.5) is 17.1 Å². The van der Waals surface area contributed by atoms with Gasteiger partial charge in [0.2, 0.25) is 0 Å². The molecule has 0 aliphatic carbocycles. The Hall–Kier alpha value is -7.36. The third kappa shape index (κ3) is 5.20. The highest BCUT2D eigenvalue weighted by Crippen LogP contribution is 2.46. The minimum Gasteiger partial charge on any atom is -0.456 e. The van der Waals surface area contributed by atoms with Gasteiger partial charge in [-0.1, -0.05) is 146 Å². The van der Waals surface area contributed by atoms with Gasteiger partial charge >= 0.3 is 0 Å². The van der Waals surface area contributed by atoms with Gasteiger partial charge < -0.3 is 13.7 Å². The Kier molecular flexibility index (Phi) is 7.17. The van der Waals surface area contributed by atoms with Crippen molar-refractivity contribution in [3.8, 4) is 33.4 Å². The number of hydrogen-bond donors (Lipinski definition) is 0. The van der Waals surface area contributed by atoms with E-state index in [4.69, 9.17) is 8.83 Å². The molecule has 0 unspecified atom stereocenters. The topological polar surface area (TPSA) is 29.5 Å². The minimum absolute atomic E-state index is 0.878. The molecular weight excluding hydrogens is 671 g/mol. The van der Waals surface area contributed by atoms with Crippen LogP contribution in [0.3, 0.4) is 0 Å². The van der Waals surface area contributed by atoms with Crippen molar-refractivity contribution in [3.05, 3.63) is 200 Å². The molecular formula is C52H33NO2. The third-order valence-electron chi connectivity index (χ3n) is 10.9. The molecule has 0 saturated carbocycles. The monoisotopic (exact) mass is 703 g/mol. The average Bonchev–Trinajstić information content (AvgIpc) is 3.83. The highest BCUT2D eigenvalue weighted by atomic mass is 16.3. The molecule has 0 saturated heterocycles. The molecule has 0 bridgehead atoms. The fourth-order valence-electron chi connectivity index (χ4n) is 8.24. The summed E-state index contributed by atoms with van der Waals surface area (Å²) in [5.41, 5.74) is 13.7. The highest BCUT2D eigenvalue weighted by molar-refractivity contribution is 6.20. The van der Waals surface area contributed by atoms with Crippen molar-refractivity contribution in [2.75, 3.05) is 4.90 Å². The molecule has 3 heteroatoms. The number of fused-ring (bicyclic) bond motifs is 8. The Morgan fingerprint density at radius 3 is 1.60 bits per heavy atom. The first-order chi connectivity index (χ1) is 27.3. The Morgan fingerprint density at radius 2 is 0.873 bits per heavy atom. The van der Waals surface area contributed by atoms with Crippen LogP contribution in [-0.2, 0) is 0 Å². The lowest BCUT2D eigenvalue weighted by atomic mass is 9.98. The number of furan rings is 2.